The Balaban J connectivity index is 1.86. The van der Waals surface area contributed by atoms with E-state index in [4.69, 9.17) is 16.3 Å². The van der Waals surface area contributed by atoms with Crippen LogP contribution >= 0.6 is 27.5 Å². The largest absolute Gasteiger partial charge is 0.457 e. The third-order valence-corrected chi connectivity index (χ3v) is 6.68. The molecule has 1 atom stereocenters. The third kappa shape index (κ3) is 1.92. The van der Waals surface area contributed by atoms with Crippen LogP contribution in [0.1, 0.15) is 22.3 Å². The molecule has 0 saturated carbocycles. The van der Waals surface area contributed by atoms with Crippen LogP contribution in [0.15, 0.2) is 89.4 Å². The van der Waals surface area contributed by atoms with Crippen LogP contribution in [-0.2, 0) is 5.41 Å². The SMILES string of the molecule is Clc1cccc2c1-c1ccccc1C21c2ccccc2Oc2cc(Br)ccc21. The average molecular weight is 446 g/mol. The predicted molar refractivity (Wildman–Crippen MR) is 117 cm³/mol. The van der Waals surface area contributed by atoms with Gasteiger partial charge in [-0.3, -0.25) is 0 Å². The van der Waals surface area contributed by atoms with Crippen LogP contribution in [0.25, 0.3) is 11.1 Å². The molecule has 4 aromatic carbocycles. The number of fused-ring (bicyclic) bond motifs is 9. The molecular weight excluding hydrogens is 432 g/mol. The summed E-state index contributed by atoms with van der Waals surface area (Å²) >= 11 is 10.3. The van der Waals surface area contributed by atoms with Crippen LogP contribution in [0.5, 0.6) is 11.5 Å². The topological polar surface area (TPSA) is 9.23 Å². The second kappa shape index (κ2) is 5.73. The summed E-state index contributed by atoms with van der Waals surface area (Å²) in [4.78, 5) is 0. The molecule has 0 radical (unpaired) electrons. The molecule has 2 aliphatic rings. The fraction of sp³-hybridized carbons (Fsp3) is 0.0400. The Labute approximate surface area is 176 Å². The zero-order valence-electron chi connectivity index (χ0n) is 14.7. The quantitative estimate of drug-likeness (QED) is 0.234. The van der Waals surface area contributed by atoms with Crippen molar-refractivity contribution in [2.75, 3.05) is 0 Å². The van der Waals surface area contributed by atoms with Crippen molar-refractivity contribution in [1.82, 2.24) is 0 Å². The van der Waals surface area contributed by atoms with E-state index in [1.165, 1.54) is 16.7 Å². The minimum Gasteiger partial charge on any atom is -0.457 e. The Kier molecular flexibility index (Phi) is 3.36. The van der Waals surface area contributed by atoms with Gasteiger partial charge < -0.3 is 4.74 Å². The molecule has 0 amide bonds. The average Bonchev–Trinajstić information content (AvgIpc) is 3.01. The lowest BCUT2D eigenvalue weighted by atomic mass is 9.66. The molecule has 1 aliphatic heterocycles. The molecule has 1 spiro atoms. The van der Waals surface area contributed by atoms with Gasteiger partial charge in [0, 0.05) is 26.2 Å². The van der Waals surface area contributed by atoms with E-state index in [1.54, 1.807) is 0 Å². The summed E-state index contributed by atoms with van der Waals surface area (Å²) in [6.45, 7) is 0. The van der Waals surface area contributed by atoms with Crippen LogP contribution in [0.2, 0.25) is 5.02 Å². The molecule has 3 heteroatoms. The summed E-state index contributed by atoms with van der Waals surface area (Å²) < 4.78 is 7.34. The van der Waals surface area contributed by atoms with Crippen molar-refractivity contribution in [3.8, 4) is 22.6 Å². The molecule has 1 nitrogen and oxygen atoms in total. The lowest BCUT2D eigenvalue weighted by molar-refractivity contribution is 0.436. The molecule has 28 heavy (non-hydrogen) atoms. The van der Waals surface area contributed by atoms with Gasteiger partial charge in [-0.05, 0) is 41.0 Å². The summed E-state index contributed by atoms with van der Waals surface area (Å²) in [6, 6.07) is 29.4. The second-order valence-corrected chi connectivity index (χ2v) is 8.52. The Morgan fingerprint density at radius 3 is 2.29 bits per heavy atom. The number of rotatable bonds is 0. The molecule has 0 fully saturated rings. The molecule has 1 heterocycles. The zero-order chi connectivity index (χ0) is 18.9. The highest BCUT2D eigenvalue weighted by Crippen LogP contribution is 2.63. The number of halogens is 2. The first-order valence-corrected chi connectivity index (χ1v) is 10.3. The molecule has 6 rings (SSSR count). The van der Waals surface area contributed by atoms with E-state index in [-0.39, 0.29) is 0 Å². The van der Waals surface area contributed by atoms with E-state index in [9.17, 15) is 0 Å². The van der Waals surface area contributed by atoms with Gasteiger partial charge in [0.15, 0.2) is 0 Å². The second-order valence-electron chi connectivity index (χ2n) is 7.20. The molecule has 0 N–H and O–H groups in total. The van der Waals surface area contributed by atoms with Gasteiger partial charge >= 0.3 is 0 Å². The van der Waals surface area contributed by atoms with Gasteiger partial charge in [0.1, 0.15) is 11.5 Å². The van der Waals surface area contributed by atoms with E-state index in [2.05, 4.69) is 76.6 Å². The summed E-state index contributed by atoms with van der Waals surface area (Å²) in [5, 5.41) is 0.782. The number of para-hydroxylation sites is 1. The van der Waals surface area contributed by atoms with Gasteiger partial charge in [-0.2, -0.15) is 0 Å². The van der Waals surface area contributed by atoms with Gasteiger partial charge in [0.05, 0.1) is 5.41 Å². The van der Waals surface area contributed by atoms with E-state index in [1.807, 2.05) is 24.3 Å². The lowest BCUT2D eigenvalue weighted by Gasteiger charge is -2.39. The van der Waals surface area contributed by atoms with Gasteiger partial charge in [0.2, 0.25) is 0 Å². The summed E-state index contributed by atoms with van der Waals surface area (Å²) in [7, 11) is 0. The summed E-state index contributed by atoms with van der Waals surface area (Å²) in [5.74, 6) is 1.76. The Morgan fingerprint density at radius 1 is 0.679 bits per heavy atom. The van der Waals surface area contributed by atoms with Crippen LogP contribution in [0, 0.1) is 0 Å². The smallest absolute Gasteiger partial charge is 0.133 e. The maximum Gasteiger partial charge on any atom is 0.133 e. The maximum absolute atomic E-state index is 6.74. The minimum absolute atomic E-state index is 0.443. The fourth-order valence-electron chi connectivity index (χ4n) is 4.88. The van der Waals surface area contributed by atoms with Crippen molar-refractivity contribution in [1.29, 1.82) is 0 Å². The van der Waals surface area contributed by atoms with Crippen LogP contribution < -0.4 is 4.74 Å². The third-order valence-electron chi connectivity index (χ3n) is 5.88. The van der Waals surface area contributed by atoms with E-state index in [0.29, 0.717) is 0 Å². The first kappa shape index (κ1) is 16.4. The Morgan fingerprint density at radius 2 is 1.39 bits per heavy atom. The van der Waals surface area contributed by atoms with Crippen molar-refractivity contribution >= 4 is 27.5 Å². The van der Waals surface area contributed by atoms with Crippen LogP contribution in [-0.4, -0.2) is 0 Å². The van der Waals surface area contributed by atoms with Crippen LogP contribution in [0.4, 0.5) is 0 Å². The molecule has 134 valence electrons. The maximum atomic E-state index is 6.74. The normalized spacial score (nSPS) is 18.1. The highest BCUT2D eigenvalue weighted by molar-refractivity contribution is 9.10. The predicted octanol–water partition coefficient (Wildman–Crippen LogP) is 7.57. The Hall–Kier alpha value is -2.55. The first-order valence-electron chi connectivity index (χ1n) is 9.17. The lowest BCUT2D eigenvalue weighted by Crippen LogP contribution is -2.32. The van der Waals surface area contributed by atoms with Crippen molar-refractivity contribution in [2.24, 2.45) is 0 Å². The molecular formula is C25H14BrClO. The van der Waals surface area contributed by atoms with Crippen LogP contribution in [0.3, 0.4) is 0 Å². The number of ether oxygens (including phenoxy) is 1. The van der Waals surface area contributed by atoms with Gasteiger partial charge in [0.25, 0.3) is 0 Å². The van der Waals surface area contributed by atoms with E-state index >= 15 is 0 Å². The van der Waals surface area contributed by atoms with Crippen molar-refractivity contribution in [2.45, 2.75) is 5.41 Å². The van der Waals surface area contributed by atoms with E-state index in [0.717, 1.165) is 37.7 Å². The van der Waals surface area contributed by atoms with Gasteiger partial charge in [-0.25, -0.2) is 0 Å². The zero-order valence-corrected chi connectivity index (χ0v) is 17.1. The van der Waals surface area contributed by atoms with Crippen molar-refractivity contribution < 1.29 is 4.74 Å². The first-order chi connectivity index (χ1) is 13.7. The summed E-state index contributed by atoms with van der Waals surface area (Å²) in [6.07, 6.45) is 0. The fourth-order valence-corrected chi connectivity index (χ4v) is 5.50. The summed E-state index contributed by atoms with van der Waals surface area (Å²) in [5.41, 5.74) is 6.61. The minimum atomic E-state index is -0.443. The van der Waals surface area contributed by atoms with Crippen molar-refractivity contribution in [3.63, 3.8) is 0 Å². The molecule has 0 bridgehead atoms. The molecule has 1 aliphatic carbocycles. The van der Waals surface area contributed by atoms with E-state index < -0.39 is 5.41 Å². The van der Waals surface area contributed by atoms with Gasteiger partial charge in [-0.15, -0.1) is 0 Å². The number of hydrogen-bond acceptors (Lipinski definition) is 1. The molecule has 1 unspecified atom stereocenters. The highest BCUT2D eigenvalue weighted by Gasteiger charge is 2.51. The highest BCUT2D eigenvalue weighted by atomic mass is 79.9. The Bertz CT molecular complexity index is 1280. The molecule has 4 aromatic rings. The number of hydrogen-bond donors (Lipinski definition) is 0. The molecule has 0 aromatic heterocycles. The standard InChI is InChI=1S/C25H14BrClO/c26-15-12-13-19-23(14-15)28-22-11-4-3-8-18(22)25(19)17-7-2-1-6-16(17)24-20(25)9-5-10-21(24)27/h1-14H. The van der Waals surface area contributed by atoms with Crippen molar-refractivity contribution in [3.05, 3.63) is 117 Å². The monoisotopic (exact) mass is 444 g/mol. The van der Waals surface area contributed by atoms with Gasteiger partial charge in [-0.1, -0.05) is 88.2 Å². The number of benzene rings is 4. The molecule has 0 saturated heterocycles.